The van der Waals surface area contributed by atoms with Crippen LogP contribution in [0.15, 0.2) is 29.4 Å². The highest BCUT2D eigenvalue weighted by Crippen LogP contribution is 2.21. The van der Waals surface area contributed by atoms with Crippen molar-refractivity contribution in [3.05, 3.63) is 35.4 Å². The zero-order chi connectivity index (χ0) is 15.9. The molecule has 0 saturated heterocycles. The number of ether oxygens (including phenoxy) is 1. The number of terminal acetylenes is 1. The zero-order valence-corrected chi connectivity index (χ0v) is 12.5. The van der Waals surface area contributed by atoms with Crippen molar-refractivity contribution >= 4 is 17.5 Å². The minimum atomic E-state index is -0.559. The molecule has 1 aromatic rings. The molecule has 0 unspecified atom stereocenters. The number of nitrogens with zero attached hydrogens (tertiary/aromatic N) is 1. The second kappa shape index (κ2) is 7.41. The summed E-state index contributed by atoms with van der Waals surface area (Å²) < 4.78 is 4.89. The van der Waals surface area contributed by atoms with Gasteiger partial charge in [0.15, 0.2) is 11.5 Å². The first-order valence-electron chi connectivity index (χ1n) is 7.22. The molecule has 22 heavy (non-hydrogen) atoms. The van der Waals surface area contributed by atoms with Crippen LogP contribution in [0.5, 0.6) is 0 Å². The lowest BCUT2D eigenvalue weighted by molar-refractivity contribution is -0.135. The van der Waals surface area contributed by atoms with Gasteiger partial charge in [0.1, 0.15) is 6.04 Å². The Hall–Kier alpha value is -2.61. The summed E-state index contributed by atoms with van der Waals surface area (Å²) in [4.78, 5) is 24.1. The van der Waals surface area contributed by atoms with Gasteiger partial charge < -0.3 is 4.74 Å². The number of aryl methyl sites for hydroxylation is 1. The fourth-order valence-electron chi connectivity index (χ4n) is 2.34. The van der Waals surface area contributed by atoms with Crippen LogP contribution in [0.4, 0.5) is 0 Å². The van der Waals surface area contributed by atoms with Crippen molar-refractivity contribution < 1.29 is 14.3 Å². The first kappa shape index (κ1) is 15.8. The van der Waals surface area contributed by atoms with Crippen LogP contribution in [0.25, 0.3) is 0 Å². The molecule has 1 aromatic carbocycles. The predicted octanol–water partition coefficient (Wildman–Crippen LogP) is 1.72. The average molecular weight is 298 g/mol. The largest absolute Gasteiger partial charge is 0.461 e. The van der Waals surface area contributed by atoms with Crippen LogP contribution in [-0.4, -0.2) is 30.1 Å². The van der Waals surface area contributed by atoms with Crippen molar-refractivity contribution in [1.29, 1.82) is 0 Å². The number of carbonyl (C=O) groups excluding carboxylic acids is 2. The van der Waals surface area contributed by atoms with Gasteiger partial charge in [0.05, 0.1) is 13.0 Å². The number of esters is 1. The maximum absolute atomic E-state index is 12.4. The number of hydrogen-bond donors (Lipinski definition) is 1. The molecule has 1 atom stereocenters. The lowest BCUT2D eigenvalue weighted by Crippen LogP contribution is -2.38. The Balaban J connectivity index is 2.10. The van der Waals surface area contributed by atoms with Crippen LogP contribution in [0.1, 0.15) is 35.7 Å². The number of nitrogens with one attached hydrogen (secondary N) is 1. The molecule has 1 aliphatic carbocycles. The second-order valence-electron chi connectivity index (χ2n) is 4.90. The van der Waals surface area contributed by atoms with Crippen LogP contribution in [-0.2, 0) is 16.0 Å². The van der Waals surface area contributed by atoms with Crippen LogP contribution >= 0.6 is 0 Å². The van der Waals surface area contributed by atoms with Gasteiger partial charge in [0.2, 0.25) is 0 Å². The highest BCUT2D eigenvalue weighted by molar-refractivity contribution is 6.37. The molecule has 114 valence electrons. The van der Waals surface area contributed by atoms with Crippen molar-refractivity contribution in [3.63, 3.8) is 0 Å². The van der Waals surface area contributed by atoms with E-state index >= 15 is 0 Å². The molecule has 0 fully saturated rings. The smallest absolute Gasteiger partial charge is 0.355 e. The predicted molar refractivity (Wildman–Crippen MR) is 83.5 cm³/mol. The molecule has 5 heteroatoms. The molecule has 1 aliphatic rings. The fraction of sp³-hybridized carbons (Fsp3) is 0.353. The quantitative estimate of drug-likeness (QED) is 0.389. The van der Waals surface area contributed by atoms with E-state index < -0.39 is 12.0 Å². The van der Waals surface area contributed by atoms with E-state index in [2.05, 4.69) is 16.4 Å². The van der Waals surface area contributed by atoms with Gasteiger partial charge in [-0.3, -0.25) is 10.2 Å². The van der Waals surface area contributed by atoms with Crippen molar-refractivity contribution in [3.8, 4) is 12.3 Å². The molecule has 0 radical (unpaired) electrons. The topological polar surface area (TPSA) is 67.8 Å². The van der Waals surface area contributed by atoms with Gasteiger partial charge in [0.25, 0.3) is 0 Å². The number of hydrazone groups is 1. The van der Waals surface area contributed by atoms with Crippen LogP contribution < -0.4 is 5.43 Å². The van der Waals surface area contributed by atoms with Crippen molar-refractivity contribution in [2.45, 2.75) is 32.2 Å². The number of carbonyl (C=O) groups is 2. The molecule has 2 rings (SSSR count). The summed E-state index contributed by atoms with van der Waals surface area (Å²) in [6, 6.07) is 7.07. The summed E-state index contributed by atoms with van der Waals surface area (Å²) >= 11 is 0. The molecule has 0 amide bonds. The van der Waals surface area contributed by atoms with Gasteiger partial charge >= 0.3 is 5.97 Å². The van der Waals surface area contributed by atoms with Crippen molar-refractivity contribution in [2.24, 2.45) is 5.10 Å². The highest BCUT2D eigenvalue weighted by atomic mass is 16.5. The molecule has 5 nitrogen and oxygen atoms in total. The maximum atomic E-state index is 12.4. The Kier molecular flexibility index (Phi) is 5.31. The maximum Gasteiger partial charge on any atom is 0.355 e. The van der Waals surface area contributed by atoms with Crippen LogP contribution in [0, 0.1) is 12.3 Å². The number of Topliss-reactive ketones (excluding diaryl/α,β-unsaturated/α-hetero) is 1. The molecule has 0 aliphatic heterocycles. The highest BCUT2D eigenvalue weighted by Gasteiger charge is 2.27. The van der Waals surface area contributed by atoms with E-state index in [1.54, 1.807) is 6.92 Å². The standard InChI is InChI=1S/C17H18N2O3/c1-3-7-15(17(21)22-4-2)19-18-14-11-10-12-8-5-6-9-13(12)16(14)20/h1,5-6,8-9,14,18H,4,7,10-11H2,2H3/b19-15+/t14-/m0/s1. The van der Waals surface area contributed by atoms with Crippen molar-refractivity contribution in [1.82, 2.24) is 5.43 Å². The zero-order valence-electron chi connectivity index (χ0n) is 12.5. The summed E-state index contributed by atoms with van der Waals surface area (Å²) in [5.41, 5.74) is 4.64. The average Bonchev–Trinajstić information content (AvgIpc) is 2.53. The van der Waals surface area contributed by atoms with E-state index in [4.69, 9.17) is 11.2 Å². The molecule has 0 saturated carbocycles. The lowest BCUT2D eigenvalue weighted by Gasteiger charge is -2.23. The van der Waals surface area contributed by atoms with E-state index in [-0.39, 0.29) is 24.5 Å². The van der Waals surface area contributed by atoms with E-state index in [1.807, 2.05) is 24.3 Å². The summed E-state index contributed by atoms with van der Waals surface area (Å²) in [5.74, 6) is 1.79. The minimum Gasteiger partial charge on any atom is -0.461 e. The third-order valence-corrected chi connectivity index (χ3v) is 3.44. The number of fused-ring (bicyclic) bond motifs is 1. The summed E-state index contributed by atoms with van der Waals surface area (Å²) in [7, 11) is 0. The van der Waals surface area contributed by atoms with Crippen LogP contribution in [0.2, 0.25) is 0 Å². The first-order valence-corrected chi connectivity index (χ1v) is 7.22. The Morgan fingerprint density at radius 1 is 1.50 bits per heavy atom. The minimum absolute atomic E-state index is 0.0190. The Morgan fingerprint density at radius 2 is 2.27 bits per heavy atom. The fourth-order valence-corrected chi connectivity index (χ4v) is 2.34. The molecule has 0 heterocycles. The van der Waals surface area contributed by atoms with Gasteiger partial charge in [-0.05, 0) is 25.3 Å². The summed E-state index contributed by atoms with van der Waals surface area (Å²) in [6.45, 7) is 1.96. The Labute approximate surface area is 129 Å². The van der Waals surface area contributed by atoms with E-state index in [0.717, 1.165) is 12.0 Å². The molecular formula is C17H18N2O3. The van der Waals surface area contributed by atoms with Crippen LogP contribution in [0.3, 0.4) is 0 Å². The SMILES string of the molecule is C#CC/C(=N\N[C@H]1CCc2ccccc2C1=O)C(=O)OCC. The second-order valence-corrected chi connectivity index (χ2v) is 4.90. The molecular weight excluding hydrogens is 280 g/mol. The molecule has 0 spiro atoms. The Bertz CT molecular complexity index is 644. The third kappa shape index (κ3) is 3.53. The normalized spacial score (nSPS) is 17.4. The van der Waals surface area contributed by atoms with E-state index in [0.29, 0.717) is 12.0 Å². The molecule has 0 bridgehead atoms. The molecule has 1 N–H and O–H groups in total. The summed E-state index contributed by atoms with van der Waals surface area (Å²) in [5, 5.41) is 4.01. The van der Waals surface area contributed by atoms with Gasteiger partial charge in [-0.1, -0.05) is 30.2 Å². The van der Waals surface area contributed by atoms with Gasteiger partial charge in [-0.15, -0.1) is 6.42 Å². The number of hydrogen-bond acceptors (Lipinski definition) is 5. The number of rotatable bonds is 5. The van der Waals surface area contributed by atoms with Crippen molar-refractivity contribution in [2.75, 3.05) is 6.61 Å². The number of ketones is 1. The van der Waals surface area contributed by atoms with Gasteiger partial charge in [-0.25, -0.2) is 4.79 Å². The number of benzene rings is 1. The van der Waals surface area contributed by atoms with Gasteiger partial charge in [0, 0.05) is 5.56 Å². The Morgan fingerprint density at radius 3 is 3.00 bits per heavy atom. The first-order chi connectivity index (χ1) is 10.7. The molecule has 0 aromatic heterocycles. The third-order valence-electron chi connectivity index (χ3n) is 3.44. The summed E-state index contributed by atoms with van der Waals surface area (Å²) in [6.07, 6.45) is 6.71. The van der Waals surface area contributed by atoms with E-state index in [9.17, 15) is 9.59 Å². The van der Waals surface area contributed by atoms with E-state index in [1.165, 1.54) is 0 Å². The van der Waals surface area contributed by atoms with Gasteiger partial charge in [-0.2, -0.15) is 5.10 Å². The lowest BCUT2D eigenvalue weighted by atomic mass is 9.87. The monoisotopic (exact) mass is 298 g/mol.